The van der Waals surface area contributed by atoms with E-state index in [2.05, 4.69) is 16.4 Å². The average Bonchev–Trinajstić information content (AvgIpc) is 2.84. The van der Waals surface area contributed by atoms with Gasteiger partial charge in [0, 0.05) is 5.56 Å². The molecule has 10 heteroatoms. The first-order valence-electron chi connectivity index (χ1n) is 12.4. The topological polar surface area (TPSA) is 18.5 Å². The van der Waals surface area contributed by atoms with Crippen molar-refractivity contribution in [2.75, 3.05) is 0 Å². The second-order valence-electron chi connectivity index (χ2n) is 9.51. The highest BCUT2D eigenvalue weighted by atomic mass is 19.4. The third kappa shape index (κ3) is 8.32. The zero-order chi connectivity index (χ0) is 27.2. The first-order chi connectivity index (χ1) is 17.4. The molecule has 0 N–H and O–H groups in total. The van der Waals surface area contributed by atoms with E-state index in [1.165, 1.54) is 37.8 Å². The first kappa shape index (κ1) is 29.2. The first-order valence-corrected chi connectivity index (χ1v) is 12.4. The molecule has 0 aromatic heterocycles. The Morgan fingerprint density at radius 1 is 0.892 bits per heavy atom. The van der Waals surface area contributed by atoms with Crippen LogP contribution in [0.25, 0.3) is 0 Å². The van der Waals surface area contributed by atoms with Crippen molar-refractivity contribution in [2.24, 2.45) is 5.92 Å². The van der Waals surface area contributed by atoms with Crippen LogP contribution in [0.2, 0.25) is 0 Å². The van der Waals surface area contributed by atoms with Crippen molar-refractivity contribution in [2.45, 2.75) is 89.5 Å². The highest BCUT2D eigenvalue weighted by Gasteiger charge is 2.43. The fourth-order valence-electron chi connectivity index (χ4n) is 4.73. The third-order valence-electron chi connectivity index (χ3n) is 6.80. The minimum atomic E-state index is -5.21. The molecule has 2 aromatic carbocycles. The molecule has 2 aromatic rings. The Bertz CT molecular complexity index is 1020. The molecule has 1 aliphatic rings. The molecule has 2 nitrogen and oxygen atoms in total. The van der Waals surface area contributed by atoms with Crippen LogP contribution in [-0.2, 0) is 11.3 Å². The molecule has 0 radical (unpaired) electrons. The number of hydrogen-bond acceptors (Lipinski definition) is 2. The maximum Gasteiger partial charge on any atom is 0.573 e. The van der Waals surface area contributed by atoms with Gasteiger partial charge in [0.2, 0.25) is 6.17 Å². The van der Waals surface area contributed by atoms with Gasteiger partial charge in [0.1, 0.15) is 5.82 Å². The number of benzene rings is 2. The highest BCUT2D eigenvalue weighted by Crippen LogP contribution is 2.40. The summed E-state index contributed by atoms with van der Waals surface area (Å²) in [4.78, 5) is 0. The van der Waals surface area contributed by atoms with Gasteiger partial charge in [0.15, 0.2) is 11.6 Å². The van der Waals surface area contributed by atoms with Crippen molar-refractivity contribution in [1.82, 2.24) is 0 Å². The summed E-state index contributed by atoms with van der Waals surface area (Å²) in [6, 6.07) is 5.35. The van der Waals surface area contributed by atoms with E-state index in [1.54, 1.807) is 6.07 Å². The molecule has 3 rings (SSSR count). The van der Waals surface area contributed by atoms with Crippen LogP contribution in [0.3, 0.4) is 0 Å². The average molecular weight is 539 g/mol. The van der Waals surface area contributed by atoms with E-state index in [4.69, 9.17) is 0 Å². The molecule has 0 saturated heterocycles. The van der Waals surface area contributed by atoms with Gasteiger partial charge in [-0.15, -0.1) is 13.2 Å². The minimum absolute atomic E-state index is 0.164. The molecule has 1 fully saturated rings. The van der Waals surface area contributed by atoms with Gasteiger partial charge < -0.3 is 9.47 Å². The van der Waals surface area contributed by atoms with Crippen LogP contribution in [0.4, 0.5) is 35.1 Å². The number of ether oxygens (including phenoxy) is 2. The number of alkyl halides is 6. The number of hydrogen-bond donors (Lipinski definition) is 0. The molecule has 1 aliphatic carbocycles. The van der Waals surface area contributed by atoms with Gasteiger partial charge in [-0.05, 0) is 66.8 Å². The van der Waals surface area contributed by atoms with Gasteiger partial charge in [0.25, 0.3) is 0 Å². The molecule has 0 spiro atoms. The summed E-state index contributed by atoms with van der Waals surface area (Å²) in [7, 11) is 0. The van der Waals surface area contributed by atoms with Crippen LogP contribution in [0.15, 0.2) is 36.4 Å². The van der Waals surface area contributed by atoms with Crippen LogP contribution in [0.5, 0.6) is 5.75 Å². The zero-order valence-corrected chi connectivity index (χ0v) is 20.4. The summed E-state index contributed by atoms with van der Waals surface area (Å²) in [5.41, 5.74) is -0.387. The largest absolute Gasteiger partial charge is 0.573 e. The van der Waals surface area contributed by atoms with Gasteiger partial charge in [0.05, 0.1) is 6.61 Å². The smallest absolute Gasteiger partial charge is 0.403 e. The Morgan fingerprint density at radius 2 is 1.59 bits per heavy atom. The maximum atomic E-state index is 14.6. The minimum Gasteiger partial charge on any atom is -0.403 e. The van der Waals surface area contributed by atoms with Crippen molar-refractivity contribution in [3.05, 3.63) is 64.7 Å². The van der Waals surface area contributed by atoms with E-state index in [9.17, 15) is 35.1 Å². The number of unbranched alkanes of at least 4 members (excludes halogenated alkanes) is 2. The van der Waals surface area contributed by atoms with Crippen LogP contribution in [0, 0.1) is 17.6 Å². The Balaban J connectivity index is 1.57. The van der Waals surface area contributed by atoms with Gasteiger partial charge in [-0.1, -0.05) is 50.8 Å². The molecule has 0 bridgehead atoms. The molecule has 206 valence electrons. The van der Waals surface area contributed by atoms with E-state index in [1.807, 2.05) is 0 Å². The predicted molar refractivity (Wildman–Crippen MR) is 122 cm³/mol. The van der Waals surface area contributed by atoms with E-state index in [0.29, 0.717) is 18.1 Å². The van der Waals surface area contributed by atoms with Crippen molar-refractivity contribution in [3.8, 4) is 5.75 Å². The molecule has 1 atom stereocenters. The lowest BCUT2D eigenvalue weighted by Crippen LogP contribution is -2.27. The van der Waals surface area contributed by atoms with Crippen molar-refractivity contribution >= 4 is 0 Å². The standard InChI is InChI=1S/C27H30F8O2/c1-2-3-4-5-17-6-8-18(9-7-17)19-10-11-21(22(28)14-19)16-36-26(31,32)25(30)20-12-13-24(23(29)15-20)37-27(33,34)35/h10-15,17-18,25H,2-9,16H2,1H3. The lowest BCUT2D eigenvalue weighted by molar-refractivity contribution is -0.282. The van der Waals surface area contributed by atoms with Gasteiger partial charge in [-0.25, -0.2) is 13.2 Å². The number of halogens is 8. The van der Waals surface area contributed by atoms with Crippen molar-refractivity contribution in [3.63, 3.8) is 0 Å². The molecular weight excluding hydrogens is 508 g/mol. The number of rotatable bonds is 11. The quantitative estimate of drug-likeness (QED) is 0.210. The summed E-state index contributed by atoms with van der Waals surface area (Å²) >= 11 is 0. The van der Waals surface area contributed by atoms with Crippen LogP contribution >= 0.6 is 0 Å². The molecule has 1 saturated carbocycles. The second kappa shape index (κ2) is 12.5. The molecule has 0 amide bonds. The summed E-state index contributed by atoms with van der Waals surface area (Å²) in [6.45, 7) is 1.21. The Kier molecular flexibility index (Phi) is 9.83. The summed E-state index contributed by atoms with van der Waals surface area (Å²) < 4.78 is 116. The van der Waals surface area contributed by atoms with Crippen molar-refractivity contribution < 1.29 is 44.6 Å². The van der Waals surface area contributed by atoms with Crippen LogP contribution in [-0.4, -0.2) is 12.5 Å². The second-order valence-corrected chi connectivity index (χ2v) is 9.51. The highest BCUT2D eigenvalue weighted by molar-refractivity contribution is 5.31. The van der Waals surface area contributed by atoms with Gasteiger partial charge in [-0.3, -0.25) is 0 Å². The Morgan fingerprint density at radius 3 is 2.19 bits per heavy atom. The van der Waals surface area contributed by atoms with E-state index < -0.39 is 48.2 Å². The molecule has 1 unspecified atom stereocenters. The van der Waals surface area contributed by atoms with Crippen molar-refractivity contribution in [1.29, 1.82) is 0 Å². The Hall–Kier alpha value is -2.36. The van der Waals surface area contributed by atoms with E-state index in [0.717, 1.165) is 31.2 Å². The SMILES string of the molecule is CCCCCC1CCC(c2ccc(COC(F)(F)C(F)c3ccc(OC(F)(F)F)c(F)c3)c(F)c2)CC1. The normalized spacial score (nSPS) is 19.6. The van der Waals surface area contributed by atoms with Gasteiger partial charge >= 0.3 is 12.5 Å². The van der Waals surface area contributed by atoms with E-state index >= 15 is 0 Å². The zero-order valence-electron chi connectivity index (χ0n) is 20.4. The monoisotopic (exact) mass is 538 g/mol. The molecular formula is C27H30F8O2. The summed E-state index contributed by atoms with van der Waals surface area (Å²) in [5.74, 6) is -2.86. The molecule has 37 heavy (non-hydrogen) atoms. The molecule has 0 aliphatic heterocycles. The van der Waals surface area contributed by atoms with E-state index in [-0.39, 0.29) is 17.5 Å². The molecule has 0 heterocycles. The Labute approximate surface area is 211 Å². The lowest BCUT2D eigenvalue weighted by Gasteiger charge is -2.29. The fraction of sp³-hybridized carbons (Fsp3) is 0.556. The fourth-order valence-corrected chi connectivity index (χ4v) is 4.73. The lowest BCUT2D eigenvalue weighted by atomic mass is 9.77. The summed E-state index contributed by atoms with van der Waals surface area (Å²) in [6.07, 6.45) is -4.13. The van der Waals surface area contributed by atoms with Crippen LogP contribution < -0.4 is 4.74 Å². The summed E-state index contributed by atoms with van der Waals surface area (Å²) in [5, 5.41) is 0. The van der Waals surface area contributed by atoms with Crippen LogP contribution in [0.1, 0.15) is 87.1 Å². The third-order valence-corrected chi connectivity index (χ3v) is 6.80. The maximum absolute atomic E-state index is 14.6. The predicted octanol–water partition coefficient (Wildman–Crippen LogP) is 9.54. The van der Waals surface area contributed by atoms with Gasteiger partial charge in [-0.2, -0.15) is 8.78 Å².